The molecular formula is C11H9BrN2O3. The van der Waals surface area contributed by atoms with Crippen molar-refractivity contribution in [1.29, 1.82) is 0 Å². The number of phenols is 1. The fraction of sp³-hybridized carbons (Fsp3) is 0.0909. The van der Waals surface area contributed by atoms with Gasteiger partial charge in [0.15, 0.2) is 5.76 Å². The van der Waals surface area contributed by atoms with Crippen LogP contribution in [0.4, 0.5) is 0 Å². The van der Waals surface area contributed by atoms with Crippen molar-refractivity contribution in [2.45, 2.75) is 6.54 Å². The second kappa shape index (κ2) is 5.01. The molecule has 6 heteroatoms. The van der Waals surface area contributed by atoms with Gasteiger partial charge in [0.05, 0.1) is 6.54 Å². The highest BCUT2D eigenvalue weighted by Crippen LogP contribution is 2.20. The SMILES string of the molecule is O=c1cc(CN=Cc2cc(Br)ccc2O)o[nH]1. The molecule has 0 spiro atoms. The van der Waals surface area contributed by atoms with Crippen molar-refractivity contribution >= 4 is 22.1 Å². The van der Waals surface area contributed by atoms with Gasteiger partial charge in [0.2, 0.25) is 0 Å². The lowest BCUT2D eigenvalue weighted by Crippen LogP contribution is -1.92. The van der Waals surface area contributed by atoms with Crippen LogP contribution in [0.25, 0.3) is 0 Å². The summed E-state index contributed by atoms with van der Waals surface area (Å²) in [6.45, 7) is 0.241. The third-order valence-corrected chi connectivity index (χ3v) is 2.54. The largest absolute Gasteiger partial charge is 0.507 e. The van der Waals surface area contributed by atoms with Gasteiger partial charge in [0.1, 0.15) is 5.75 Å². The van der Waals surface area contributed by atoms with E-state index in [0.29, 0.717) is 11.3 Å². The maximum absolute atomic E-state index is 10.8. The maximum atomic E-state index is 10.8. The van der Waals surface area contributed by atoms with Gasteiger partial charge in [-0.25, -0.2) is 0 Å². The lowest BCUT2D eigenvalue weighted by molar-refractivity contribution is 0.380. The van der Waals surface area contributed by atoms with E-state index in [-0.39, 0.29) is 17.9 Å². The van der Waals surface area contributed by atoms with Crippen LogP contribution in [-0.4, -0.2) is 16.5 Å². The van der Waals surface area contributed by atoms with Crippen molar-refractivity contribution in [2.75, 3.05) is 0 Å². The average Bonchev–Trinajstić information content (AvgIpc) is 2.69. The van der Waals surface area contributed by atoms with Gasteiger partial charge in [-0.05, 0) is 18.2 Å². The number of benzene rings is 1. The summed E-state index contributed by atoms with van der Waals surface area (Å²) in [5.41, 5.74) is 0.303. The second-order valence-electron chi connectivity index (χ2n) is 3.35. The van der Waals surface area contributed by atoms with Crippen molar-refractivity contribution in [3.63, 3.8) is 0 Å². The van der Waals surface area contributed by atoms with Crippen molar-refractivity contribution in [1.82, 2.24) is 5.16 Å². The first kappa shape index (κ1) is 11.7. The zero-order valence-corrected chi connectivity index (χ0v) is 10.3. The monoisotopic (exact) mass is 296 g/mol. The van der Waals surface area contributed by atoms with Crippen LogP contribution in [0.5, 0.6) is 5.75 Å². The standard InChI is InChI=1S/C11H9BrN2O3/c12-8-1-2-10(15)7(3-8)5-13-6-9-4-11(16)14-17-9/h1-5,15H,6H2,(H,14,16). The molecule has 0 saturated heterocycles. The number of H-pyrrole nitrogens is 1. The van der Waals surface area contributed by atoms with Crippen molar-refractivity contribution in [2.24, 2.45) is 4.99 Å². The minimum Gasteiger partial charge on any atom is -0.507 e. The van der Waals surface area contributed by atoms with Gasteiger partial charge < -0.3 is 9.63 Å². The van der Waals surface area contributed by atoms with Crippen LogP contribution in [0.1, 0.15) is 11.3 Å². The summed E-state index contributed by atoms with van der Waals surface area (Å²) >= 11 is 3.30. The number of hydrogen-bond donors (Lipinski definition) is 2. The molecule has 0 aliphatic heterocycles. The average molecular weight is 297 g/mol. The van der Waals surface area contributed by atoms with Gasteiger partial charge in [-0.15, -0.1) is 0 Å². The van der Waals surface area contributed by atoms with Crippen LogP contribution in [0.2, 0.25) is 0 Å². The number of aromatic nitrogens is 1. The Morgan fingerprint density at radius 3 is 3.00 bits per heavy atom. The lowest BCUT2D eigenvalue weighted by atomic mass is 10.2. The van der Waals surface area contributed by atoms with E-state index in [9.17, 15) is 9.90 Å². The predicted octanol–water partition coefficient (Wildman–Crippen LogP) is 2.06. The van der Waals surface area contributed by atoms with E-state index in [4.69, 9.17) is 4.52 Å². The summed E-state index contributed by atoms with van der Waals surface area (Å²) in [6.07, 6.45) is 1.52. The number of hydrogen-bond acceptors (Lipinski definition) is 4. The molecule has 1 aromatic heterocycles. The first-order chi connectivity index (χ1) is 8.15. The molecule has 0 aliphatic carbocycles. The molecule has 0 aliphatic rings. The second-order valence-corrected chi connectivity index (χ2v) is 4.27. The molecule has 88 valence electrons. The van der Waals surface area contributed by atoms with Crippen LogP contribution in [0, 0.1) is 0 Å². The van der Waals surface area contributed by atoms with E-state index in [2.05, 4.69) is 26.1 Å². The van der Waals surface area contributed by atoms with Crippen LogP contribution in [0.15, 0.2) is 43.0 Å². The molecule has 2 rings (SSSR count). The quantitative estimate of drug-likeness (QED) is 0.851. The summed E-state index contributed by atoms with van der Waals surface area (Å²) in [5, 5.41) is 11.7. The van der Waals surface area contributed by atoms with E-state index < -0.39 is 0 Å². The van der Waals surface area contributed by atoms with E-state index >= 15 is 0 Å². The molecule has 2 N–H and O–H groups in total. The normalized spacial score (nSPS) is 11.1. The number of aromatic hydroxyl groups is 1. The first-order valence-corrected chi connectivity index (χ1v) is 5.60. The molecule has 0 amide bonds. The zero-order chi connectivity index (χ0) is 12.3. The number of aliphatic imine (C=N–C) groups is 1. The summed E-state index contributed by atoms with van der Waals surface area (Å²) in [5.74, 6) is 0.591. The fourth-order valence-corrected chi connectivity index (χ4v) is 1.64. The van der Waals surface area contributed by atoms with Gasteiger partial charge in [0, 0.05) is 22.3 Å². The minimum absolute atomic E-state index is 0.146. The highest BCUT2D eigenvalue weighted by Gasteiger charge is 2.00. The fourth-order valence-electron chi connectivity index (χ4n) is 1.26. The Labute approximate surface area is 105 Å². The third kappa shape index (κ3) is 3.07. The van der Waals surface area contributed by atoms with Gasteiger partial charge >= 0.3 is 0 Å². The summed E-state index contributed by atoms with van der Waals surface area (Å²) in [4.78, 5) is 14.8. The summed E-state index contributed by atoms with van der Waals surface area (Å²) in [6, 6.07) is 6.38. The van der Waals surface area contributed by atoms with Gasteiger partial charge in [0.25, 0.3) is 5.56 Å². The molecule has 0 radical (unpaired) electrons. The first-order valence-electron chi connectivity index (χ1n) is 4.81. The molecule has 5 nitrogen and oxygen atoms in total. The maximum Gasteiger partial charge on any atom is 0.280 e. The van der Waals surface area contributed by atoms with Crippen molar-refractivity contribution in [3.8, 4) is 5.75 Å². The van der Waals surface area contributed by atoms with Crippen LogP contribution in [-0.2, 0) is 6.54 Å². The predicted molar refractivity (Wildman–Crippen MR) is 66.4 cm³/mol. The van der Waals surface area contributed by atoms with E-state index in [1.54, 1.807) is 18.2 Å². The Kier molecular flexibility index (Phi) is 3.43. The van der Waals surface area contributed by atoms with E-state index in [1.165, 1.54) is 12.3 Å². The Morgan fingerprint density at radius 1 is 1.47 bits per heavy atom. The summed E-state index contributed by atoms with van der Waals surface area (Å²) in [7, 11) is 0. The third-order valence-electron chi connectivity index (χ3n) is 2.04. The van der Waals surface area contributed by atoms with Crippen LogP contribution in [0.3, 0.4) is 0 Å². The smallest absolute Gasteiger partial charge is 0.280 e. The number of nitrogens with zero attached hydrogens (tertiary/aromatic N) is 1. The van der Waals surface area contributed by atoms with Gasteiger partial charge in [-0.1, -0.05) is 15.9 Å². The highest BCUT2D eigenvalue weighted by atomic mass is 79.9. The Morgan fingerprint density at radius 2 is 2.29 bits per heavy atom. The number of halogens is 1. The van der Waals surface area contributed by atoms with E-state index in [1.807, 2.05) is 0 Å². The molecular weight excluding hydrogens is 288 g/mol. The topological polar surface area (TPSA) is 78.6 Å². The van der Waals surface area contributed by atoms with Crippen LogP contribution >= 0.6 is 15.9 Å². The molecule has 0 saturated carbocycles. The summed E-state index contributed by atoms with van der Waals surface area (Å²) < 4.78 is 5.68. The molecule has 1 heterocycles. The molecule has 1 aromatic carbocycles. The van der Waals surface area contributed by atoms with Crippen molar-refractivity contribution in [3.05, 3.63) is 50.4 Å². The molecule has 17 heavy (non-hydrogen) atoms. The minimum atomic E-state index is -0.291. The Hall–Kier alpha value is -1.82. The Balaban J connectivity index is 2.10. The number of rotatable bonds is 3. The van der Waals surface area contributed by atoms with Gasteiger partial charge in [-0.2, -0.15) is 5.16 Å². The molecule has 0 unspecified atom stereocenters. The van der Waals surface area contributed by atoms with Crippen molar-refractivity contribution < 1.29 is 9.63 Å². The number of phenolic OH excluding ortho intramolecular Hbond substituents is 1. The van der Waals surface area contributed by atoms with Crippen LogP contribution < -0.4 is 5.56 Å². The number of aromatic amines is 1. The van der Waals surface area contributed by atoms with Gasteiger partial charge in [-0.3, -0.25) is 9.79 Å². The molecule has 0 bridgehead atoms. The van der Waals surface area contributed by atoms with E-state index in [0.717, 1.165) is 4.47 Å². The molecule has 0 fully saturated rings. The highest BCUT2D eigenvalue weighted by molar-refractivity contribution is 9.10. The Bertz CT molecular complexity index is 601. The number of nitrogens with one attached hydrogen (secondary N) is 1. The molecule has 2 aromatic rings. The zero-order valence-electron chi connectivity index (χ0n) is 8.68. The molecule has 0 atom stereocenters. The lowest BCUT2D eigenvalue weighted by Gasteiger charge is -1.98.